The Morgan fingerprint density at radius 2 is 2.26 bits per heavy atom. The van der Waals surface area contributed by atoms with Gasteiger partial charge in [-0.3, -0.25) is 0 Å². The Hall–Kier alpha value is 0.140. The predicted molar refractivity (Wildman–Crippen MR) is 88.9 cm³/mol. The van der Waals surface area contributed by atoms with Gasteiger partial charge in [-0.1, -0.05) is 27.2 Å². The molecule has 1 aliphatic rings. The van der Waals surface area contributed by atoms with Gasteiger partial charge in [0.2, 0.25) is 0 Å². The first kappa shape index (κ1) is 15.5. The van der Waals surface area contributed by atoms with Gasteiger partial charge < -0.3 is 5.32 Å². The molecule has 1 nitrogen and oxygen atoms in total. The van der Waals surface area contributed by atoms with Crippen LogP contribution in [0.4, 0.5) is 0 Å². The lowest BCUT2D eigenvalue weighted by Gasteiger charge is -2.34. The molecule has 0 amide bonds. The van der Waals surface area contributed by atoms with Crippen molar-refractivity contribution in [3.63, 3.8) is 0 Å². The Morgan fingerprint density at radius 1 is 1.53 bits per heavy atom. The van der Waals surface area contributed by atoms with E-state index in [4.69, 9.17) is 0 Å². The summed E-state index contributed by atoms with van der Waals surface area (Å²) in [6.07, 6.45) is 5.32. The van der Waals surface area contributed by atoms with Gasteiger partial charge in [-0.05, 0) is 71.6 Å². The summed E-state index contributed by atoms with van der Waals surface area (Å²) in [4.78, 5) is 1.51. The highest BCUT2D eigenvalue weighted by molar-refractivity contribution is 9.11. The molecular weight excluding hydrogens is 318 g/mol. The highest BCUT2D eigenvalue weighted by atomic mass is 79.9. The molecule has 1 aliphatic carbocycles. The van der Waals surface area contributed by atoms with E-state index in [-0.39, 0.29) is 0 Å². The van der Waals surface area contributed by atoms with Crippen molar-refractivity contribution in [3.05, 3.63) is 20.3 Å². The van der Waals surface area contributed by atoms with E-state index in [0.29, 0.717) is 11.5 Å². The average molecular weight is 344 g/mol. The Labute approximate surface area is 130 Å². The minimum absolute atomic E-state index is 0.468. The van der Waals surface area contributed by atoms with Crippen molar-refractivity contribution in [2.24, 2.45) is 11.3 Å². The minimum Gasteiger partial charge on any atom is -0.309 e. The smallest absolute Gasteiger partial charge is 0.0731 e. The molecule has 1 fully saturated rings. The van der Waals surface area contributed by atoms with E-state index in [1.165, 1.54) is 39.9 Å². The zero-order valence-electron chi connectivity index (χ0n) is 12.6. The fraction of sp³-hybridized carbons (Fsp3) is 0.750. The number of hydrogen-bond acceptors (Lipinski definition) is 2. The second kappa shape index (κ2) is 6.28. The Kier molecular flexibility index (Phi) is 5.13. The molecule has 1 heterocycles. The lowest BCUT2D eigenvalue weighted by Crippen LogP contribution is -2.33. The third kappa shape index (κ3) is 3.43. The van der Waals surface area contributed by atoms with Gasteiger partial charge in [0.1, 0.15) is 0 Å². The molecule has 3 heteroatoms. The molecule has 0 aliphatic heterocycles. The van der Waals surface area contributed by atoms with Gasteiger partial charge in [0.15, 0.2) is 0 Å². The summed E-state index contributed by atoms with van der Waals surface area (Å²) in [5.41, 5.74) is 1.84. The van der Waals surface area contributed by atoms with E-state index in [0.717, 1.165) is 12.5 Å². The van der Waals surface area contributed by atoms with Crippen LogP contribution in [0.5, 0.6) is 0 Å². The van der Waals surface area contributed by atoms with Gasteiger partial charge in [-0.2, -0.15) is 0 Å². The van der Waals surface area contributed by atoms with Gasteiger partial charge in [-0.25, -0.2) is 0 Å². The van der Waals surface area contributed by atoms with Crippen LogP contribution in [0.15, 0.2) is 9.85 Å². The van der Waals surface area contributed by atoms with E-state index in [9.17, 15) is 0 Å². The van der Waals surface area contributed by atoms with Crippen molar-refractivity contribution in [1.29, 1.82) is 0 Å². The number of thiophene rings is 1. The lowest BCUT2D eigenvalue weighted by atomic mass is 9.77. The molecule has 2 atom stereocenters. The maximum atomic E-state index is 3.81. The van der Waals surface area contributed by atoms with Crippen LogP contribution in [0.2, 0.25) is 0 Å². The summed E-state index contributed by atoms with van der Waals surface area (Å²) < 4.78 is 1.29. The van der Waals surface area contributed by atoms with Crippen molar-refractivity contribution in [3.8, 4) is 0 Å². The molecule has 0 bridgehead atoms. The number of hydrogen-bond donors (Lipinski definition) is 1. The summed E-state index contributed by atoms with van der Waals surface area (Å²) in [7, 11) is 0. The van der Waals surface area contributed by atoms with Gasteiger partial charge in [0.05, 0.1) is 3.79 Å². The van der Waals surface area contributed by atoms with Crippen LogP contribution in [0.25, 0.3) is 0 Å². The number of nitrogens with one attached hydrogen (secondary N) is 1. The first-order valence-electron chi connectivity index (χ1n) is 7.45. The molecule has 1 N–H and O–H groups in total. The van der Waals surface area contributed by atoms with Crippen LogP contribution in [0, 0.1) is 18.3 Å². The Bertz CT molecular complexity index is 405. The molecule has 1 aromatic heterocycles. The fourth-order valence-electron chi connectivity index (χ4n) is 3.35. The van der Waals surface area contributed by atoms with Crippen LogP contribution in [-0.4, -0.2) is 6.54 Å². The molecular formula is C16H26BrNS. The molecule has 0 saturated heterocycles. The van der Waals surface area contributed by atoms with Crippen LogP contribution in [-0.2, 0) is 0 Å². The molecule has 0 radical (unpaired) electrons. The van der Waals surface area contributed by atoms with Crippen LogP contribution in [0.3, 0.4) is 0 Å². The van der Waals surface area contributed by atoms with E-state index >= 15 is 0 Å². The van der Waals surface area contributed by atoms with Gasteiger partial charge in [-0.15, -0.1) is 11.3 Å². The molecule has 1 aromatic rings. The zero-order chi connectivity index (χ0) is 14.0. The van der Waals surface area contributed by atoms with Gasteiger partial charge in [0, 0.05) is 10.9 Å². The van der Waals surface area contributed by atoms with Gasteiger partial charge >= 0.3 is 0 Å². The van der Waals surface area contributed by atoms with Crippen LogP contribution in [0.1, 0.15) is 62.9 Å². The van der Waals surface area contributed by atoms with Crippen LogP contribution < -0.4 is 5.32 Å². The summed E-state index contributed by atoms with van der Waals surface area (Å²) >= 11 is 5.60. The van der Waals surface area contributed by atoms with Crippen molar-refractivity contribution in [2.75, 3.05) is 6.54 Å². The van der Waals surface area contributed by atoms with E-state index in [2.05, 4.69) is 55.0 Å². The predicted octanol–water partition coefficient (Wildman–Crippen LogP) is 5.69. The Balaban J connectivity index is 2.25. The average Bonchev–Trinajstić information content (AvgIpc) is 2.84. The van der Waals surface area contributed by atoms with Gasteiger partial charge in [0.25, 0.3) is 0 Å². The fourth-order valence-corrected chi connectivity index (χ4v) is 5.06. The summed E-state index contributed by atoms with van der Waals surface area (Å²) in [5.74, 6) is 0.768. The molecule has 0 aromatic carbocycles. The molecule has 108 valence electrons. The highest BCUT2D eigenvalue weighted by Gasteiger charge is 2.40. The third-order valence-corrected chi connectivity index (χ3v) is 6.76. The monoisotopic (exact) mass is 343 g/mol. The maximum Gasteiger partial charge on any atom is 0.0731 e. The standard InChI is InChI=1S/C16H26BrNS/c1-5-9-18-14(12-7-6-8-16(12,3)4)13-10-11(2)15(17)19-13/h10,12,14,18H,5-9H2,1-4H3. The SMILES string of the molecule is CCCNC(c1cc(C)c(Br)s1)C1CCCC1(C)C. The van der Waals surface area contributed by atoms with E-state index in [1.807, 2.05) is 11.3 Å². The summed E-state index contributed by atoms with van der Waals surface area (Å²) in [5, 5.41) is 3.81. The first-order valence-corrected chi connectivity index (χ1v) is 9.06. The van der Waals surface area contributed by atoms with Crippen molar-refractivity contribution in [1.82, 2.24) is 5.32 Å². The van der Waals surface area contributed by atoms with E-state index in [1.54, 1.807) is 0 Å². The second-order valence-electron chi connectivity index (χ2n) is 6.52. The normalized spacial score (nSPS) is 23.7. The topological polar surface area (TPSA) is 12.0 Å². The molecule has 19 heavy (non-hydrogen) atoms. The molecule has 2 rings (SSSR count). The molecule has 1 saturated carbocycles. The zero-order valence-corrected chi connectivity index (χ0v) is 15.0. The number of aryl methyl sites for hydroxylation is 1. The summed E-state index contributed by atoms with van der Waals surface area (Å²) in [6, 6.07) is 2.91. The van der Waals surface area contributed by atoms with Crippen molar-refractivity contribution in [2.45, 2.75) is 59.4 Å². The van der Waals surface area contributed by atoms with Crippen molar-refractivity contribution >= 4 is 27.3 Å². The Morgan fingerprint density at radius 3 is 2.74 bits per heavy atom. The summed E-state index contributed by atoms with van der Waals surface area (Å²) in [6.45, 7) is 10.5. The second-order valence-corrected chi connectivity index (χ2v) is 8.93. The number of rotatable bonds is 5. The third-order valence-electron chi connectivity index (χ3n) is 4.54. The maximum absolute atomic E-state index is 3.81. The quantitative estimate of drug-likeness (QED) is 0.724. The highest BCUT2D eigenvalue weighted by Crippen LogP contribution is 2.50. The minimum atomic E-state index is 0.468. The van der Waals surface area contributed by atoms with E-state index < -0.39 is 0 Å². The largest absolute Gasteiger partial charge is 0.309 e. The molecule has 0 spiro atoms. The first-order chi connectivity index (χ1) is 8.95. The molecule has 2 unspecified atom stereocenters. The van der Waals surface area contributed by atoms with Crippen molar-refractivity contribution < 1.29 is 0 Å². The van der Waals surface area contributed by atoms with Crippen LogP contribution >= 0.6 is 27.3 Å². The number of halogens is 1. The lowest BCUT2D eigenvalue weighted by molar-refractivity contribution is 0.200.